The van der Waals surface area contributed by atoms with Crippen LogP contribution in [-0.2, 0) is 4.79 Å². The van der Waals surface area contributed by atoms with E-state index < -0.39 is 17.0 Å². The summed E-state index contributed by atoms with van der Waals surface area (Å²) in [6.07, 6.45) is 17.6. The van der Waals surface area contributed by atoms with E-state index in [4.69, 9.17) is 17.4 Å². The highest BCUT2D eigenvalue weighted by Crippen LogP contribution is 2.61. The van der Waals surface area contributed by atoms with E-state index in [9.17, 15) is 9.90 Å². The standard InChI is InChI=1S/C27H54O2.C6H18N4/c1-11-12-13-14-15-16-17-18-19-20-21-22(2)24(3,4)26(7,8)27(9,10)25(5,6)23(28)29;1-3-5-6(7,4-2)10(8)9/h22H,11-21H2,1-10H3,(H,28,29);3-5,7-9H2,1-2H3. The van der Waals surface area contributed by atoms with Gasteiger partial charge in [0, 0.05) is 0 Å². The topological polar surface area (TPSA) is 119 Å². The highest BCUT2D eigenvalue weighted by Gasteiger charge is 2.58. The maximum atomic E-state index is 12.0. The Morgan fingerprint density at radius 3 is 1.44 bits per heavy atom. The number of hydrogen-bond donors (Lipinski definition) is 4. The zero-order valence-corrected chi connectivity index (χ0v) is 28.5. The van der Waals surface area contributed by atoms with Crippen molar-refractivity contribution >= 4 is 5.97 Å². The lowest BCUT2D eigenvalue weighted by atomic mass is 9.45. The second kappa shape index (κ2) is 18.0. The van der Waals surface area contributed by atoms with Gasteiger partial charge in [-0.2, -0.15) is 5.12 Å². The average molecular weight is 557 g/mol. The Balaban J connectivity index is 0. The van der Waals surface area contributed by atoms with Crippen LogP contribution in [0.5, 0.6) is 0 Å². The zero-order chi connectivity index (χ0) is 31.1. The molecule has 2 unspecified atom stereocenters. The predicted molar refractivity (Wildman–Crippen MR) is 171 cm³/mol. The molecule has 6 nitrogen and oxygen atoms in total. The minimum absolute atomic E-state index is 0.0580. The summed E-state index contributed by atoms with van der Waals surface area (Å²) in [5, 5.41) is 11.0. The third kappa shape index (κ3) is 11.6. The van der Waals surface area contributed by atoms with Crippen LogP contribution in [0.2, 0.25) is 0 Å². The van der Waals surface area contributed by atoms with Crippen LogP contribution in [0.1, 0.15) is 173 Å². The first-order valence-corrected chi connectivity index (χ1v) is 16.1. The molecule has 0 saturated heterocycles. The van der Waals surface area contributed by atoms with Gasteiger partial charge in [0.2, 0.25) is 0 Å². The number of rotatable bonds is 20. The van der Waals surface area contributed by atoms with Crippen LogP contribution in [0, 0.1) is 27.6 Å². The number of nitrogens with two attached hydrogens (primary N) is 3. The van der Waals surface area contributed by atoms with Gasteiger partial charge in [0.1, 0.15) is 0 Å². The number of nitrogens with zero attached hydrogens (tertiary/aromatic N) is 1. The Hall–Kier alpha value is -0.690. The van der Waals surface area contributed by atoms with E-state index in [1.165, 1.54) is 70.6 Å². The van der Waals surface area contributed by atoms with Gasteiger partial charge in [-0.25, -0.2) is 0 Å². The van der Waals surface area contributed by atoms with E-state index in [1.54, 1.807) is 0 Å². The quantitative estimate of drug-likeness (QED) is 0.0514. The van der Waals surface area contributed by atoms with Crippen molar-refractivity contribution in [2.24, 2.45) is 45.0 Å². The molecule has 0 aromatic carbocycles. The predicted octanol–water partition coefficient (Wildman–Crippen LogP) is 9.02. The number of carbonyl (C=O) groups is 1. The van der Waals surface area contributed by atoms with E-state index in [-0.39, 0.29) is 16.2 Å². The molecule has 0 aliphatic rings. The summed E-state index contributed by atoms with van der Waals surface area (Å²) in [5.74, 6) is 10.6. The van der Waals surface area contributed by atoms with Crippen LogP contribution in [0.15, 0.2) is 0 Å². The van der Waals surface area contributed by atoms with Crippen molar-refractivity contribution in [3.8, 4) is 0 Å². The normalized spacial score (nSPS) is 15.5. The molecule has 2 atom stereocenters. The van der Waals surface area contributed by atoms with Gasteiger partial charge in [-0.05, 0) is 48.9 Å². The Morgan fingerprint density at radius 2 is 1.13 bits per heavy atom. The second-order valence-electron chi connectivity index (χ2n) is 14.4. The summed E-state index contributed by atoms with van der Waals surface area (Å²) in [5.41, 5.74) is 4.15. The fourth-order valence-corrected chi connectivity index (χ4v) is 5.69. The van der Waals surface area contributed by atoms with Gasteiger partial charge in [-0.3, -0.25) is 16.5 Å². The van der Waals surface area contributed by atoms with Crippen LogP contribution in [0.3, 0.4) is 0 Å². The van der Waals surface area contributed by atoms with E-state index in [2.05, 4.69) is 62.3 Å². The molecule has 0 radical (unpaired) electrons. The molecule has 0 bridgehead atoms. The maximum Gasteiger partial charge on any atom is 0.309 e. The lowest BCUT2D eigenvalue weighted by Crippen LogP contribution is -2.62. The number of hydrazine groups is 2. The van der Waals surface area contributed by atoms with E-state index in [0.717, 1.165) is 24.4 Å². The molecule has 0 amide bonds. The highest BCUT2D eigenvalue weighted by molar-refractivity contribution is 5.74. The van der Waals surface area contributed by atoms with Crippen LogP contribution in [0.4, 0.5) is 0 Å². The number of aliphatic carboxylic acids is 1. The number of hydrogen-bond acceptors (Lipinski definition) is 5. The van der Waals surface area contributed by atoms with Crippen LogP contribution in [-0.4, -0.2) is 21.9 Å². The lowest BCUT2D eigenvalue weighted by molar-refractivity contribution is -0.171. The van der Waals surface area contributed by atoms with Crippen molar-refractivity contribution in [1.82, 2.24) is 5.12 Å². The van der Waals surface area contributed by atoms with Gasteiger partial charge in [-0.15, -0.1) is 0 Å². The number of carboxylic acid groups (broad SMARTS) is 1. The first-order chi connectivity index (χ1) is 17.7. The third-order valence-electron chi connectivity index (χ3n) is 11.3. The molecule has 0 aliphatic heterocycles. The molecular formula is C33H72N4O2. The lowest BCUT2D eigenvalue weighted by Gasteiger charge is -2.59. The van der Waals surface area contributed by atoms with Crippen LogP contribution in [0.25, 0.3) is 0 Å². The SMILES string of the molecule is CCCC(N)(CC)N(N)N.CCCCCCCCCCCCC(C)C(C)(C)C(C)(C)C(C)(C)C(C)(C)C(=O)O. The summed E-state index contributed by atoms with van der Waals surface area (Å²) in [6.45, 7) is 26.0. The van der Waals surface area contributed by atoms with Crippen LogP contribution < -0.4 is 17.4 Å². The average Bonchev–Trinajstić information content (AvgIpc) is 2.84. The van der Waals surface area contributed by atoms with Gasteiger partial charge in [0.05, 0.1) is 11.1 Å². The summed E-state index contributed by atoms with van der Waals surface area (Å²) in [7, 11) is 0. The Morgan fingerprint density at radius 1 is 0.718 bits per heavy atom. The summed E-state index contributed by atoms with van der Waals surface area (Å²) in [6, 6.07) is 0. The van der Waals surface area contributed by atoms with Crippen LogP contribution >= 0.6 is 0 Å². The smallest absolute Gasteiger partial charge is 0.309 e. The van der Waals surface area contributed by atoms with Crippen molar-refractivity contribution in [3.63, 3.8) is 0 Å². The minimum Gasteiger partial charge on any atom is -0.481 e. The molecule has 0 fully saturated rings. The monoisotopic (exact) mass is 557 g/mol. The number of unbranched alkanes of at least 4 members (excludes halogenated alkanes) is 9. The fraction of sp³-hybridized carbons (Fsp3) is 0.970. The van der Waals surface area contributed by atoms with Crippen molar-refractivity contribution in [1.29, 1.82) is 0 Å². The molecule has 0 heterocycles. The molecular weight excluding hydrogens is 484 g/mol. The van der Waals surface area contributed by atoms with Crippen molar-refractivity contribution in [2.75, 3.05) is 0 Å². The Kier molecular flexibility index (Phi) is 18.6. The van der Waals surface area contributed by atoms with Gasteiger partial charge >= 0.3 is 5.97 Å². The summed E-state index contributed by atoms with van der Waals surface area (Å²) in [4.78, 5) is 12.0. The zero-order valence-electron chi connectivity index (χ0n) is 28.5. The van der Waals surface area contributed by atoms with Crippen molar-refractivity contribution < 1.29 is 9.90 Å². The molecule has 0 rings (SSSR count). The molecule has 0 aliphatic carbocycles. The van der Waals surface area contributed by atoms with Gasteiger partial charge in [0.15, 0.2) is 0 Å². The molecule has 0 saturated carbocycles. The van der Waals surface area contributed by atoms with Gasteiger partial charge in [-0.1, -0.05) is 146 Å². The summed E-state index contributed by atoms with van der Waals surface area (Å²) < 4.78 is 0. The molecule has 6 heteroatoms. The Labute approximate surface area is 244 Å². The first kappa shape index (κ1) is 40.4. The molecule has 39 heavy (non-hydrogen) atoms. The van der Waals surface area contributed by atoms with E-state index in [1.807, 2.05) is 20.8 Å². The largest absolute Gasteiger partial charge is 0.481 e. The van der Waals surface area contributed by atoms with Gasteiger partial charge in [0.25, 0.3) is 0 Å². The fourth-order valence-electron chi connectivity index (χ4n) is 5.69. The second-order valence-corrected chi connectivity index (χ2v) is 14.4. The first-order valence-electron chi connectivity index (χ1n) is 16.1. The third-order valence-corrected chi connectivity index (χ3v) is 11.3. The number of carboxylic acids is 1. The molecule has 0 spiro atoms. The molecule has 7 N–H and O–H groups in total. The van der Waals surface area contributed by atoms with Crippen molar-refractivity contribution in [3.05, 3.63) is 0 Å². The van der Waals surface area contributed by atoms with Crippen molar-refractivity contribution in [2.45, 2.75) is 179 Å². The van der Waals surface area contributed by atoms with E-state index in [0.29, 0.717) is 5.92 Å². The molecule has 0 aromatic heterocycles. The minimum atomic E-state index is -0.773. The molecule has 236 valence electrons. The van der Waals surface area contributed by atoms with E-state index >= 15 is 0 Å². The van der Waals surface area contributed by atoms with Gasteiger partial charge < -0.3 is 10.8 Å². The summed E-state index contributed by atoms with van der Waals surface area (Å²) >= 11 is 0. The maximum absolute atomic E-state index is 12.0. The molecule has 0 aromatic rings. The Bertz CT molecular complexity index is 658. The highest BCUT2D eigenvalue weighted by atomic mass is 16.4.